The second kappa shape index (κ2) is 8.79. The average molecular weight is 406 g/mol. The summed E-state index contributed by atoms with van der Waals surface area (Å²) in [7, 11) is 0. The molecule has 9 heteroatoms. The van der Waals surface area contributed by atoms with Gasteiger partial charge in [-0.1, -0.05) is 16.8 Å². The van der Waals surface area contributed by atoms with E-state index in [4.69, 9.17) is 20.9 Å². The Labute approximate surface area is 164 Å². The number of carbonyl (C=O) groups excluding carboxylic acids is 2. The van der Waals surface area contributed by atoms with E-state index in [9.17, 15) is 9.59 Å². The molecular weight excluding hydrogens is 390 g/mol. The number of halogens is 1. The first kappa shape index (κ1) is 19.1. The maximum Gasteiger partial charge on any atom is 0.307 e. The number of rotatable bonds is 7. The summed E-state index contributed by atoms with van der Waals surface area (Å²) in [4.78, 5) is 28.3. The number of nitrogens with one attached hydrogen (secondary N) is 1. The van der Waals surface area contributed by atoms with E-state index in [1.54, 1.807) is 24.3 Å². The van der Waals surface area contributed by atoms with Gasteiger partial charge in [0.05, 0.1) is 6.42 Å². The van der Waals surface area contributed by atoms with Crippen LogP contribution in [-0.4, -0.2) is 28.1 Å². The Hall–Kier alpha value is -2.71. The predicted octanol–water partition coefficient (Wildman–Crippen LogP) is 3.95. The lowest BCUT2D eigenvalue weighted by Gasteiger charge is -2.13. The van der Waals surface area contributed by atoms with Crippen LogP contribution in [0.2, 0.25) is 5.02 Å². The molecule has 0 bridgehead atoms. The normalized spacial score (nSPS) is 11.8. The first-order valence-corrected chi connectivity index (χ1v) is 9.44. The second-order valence-corrected chi connectivity index (χ2v) is 6.87. The van der Waals surface area contributed by atoms with E-state index < -0.39 is 18.0 Å². The number of benzene rings is 1. The quantitative estimate of drug-likeness (QED) is 0.598. The van der Waals surface area contributed by atoms with Crippen molar-refractivity contribution in [3.63, 3.8) is 0 Å². The number of hydrogen-bond acceptors (Lipinski definition) is 7. The molecule has 1 amide bonds. The van der Waals surface area contributed by atoms with Crippen molar-refractivity contribution in [3.8, 4) is 11.4 Å². The number of esters is 1. The summed E-state index contributed by atoms with van der Waals surface area (Å²) in [5.74, 6) is -0.131. The summed E-state index contributed by atoms with van der Waals surface area (Å²) in [5, 5.41) is 10.9. The summed E-state index contributed by atoms with van der Waals surface area (Å²) in [6.07, 6.45) is -0.664. The van der Waals surface area contributed by atoms with Crippen molar-refractivity contribution in [3.05, 3.63) is 52.0 Å². The highest BCUT2D eigenvalue weighted by Gasteiger charge is 2.19. The van der Waals surface area contributed by atoms with Crippen molar-refractivity contribution in [2.75, 3.05) is 5.32 Å². The molecule has 0 aliphatic heterocycles. The van der Waals surface area contributed by atoms with Crippen LogP contribution in [0.25, 0.3) is 11.4 Å². The van der Waals surface area contributed by atoms with Crippen LogP contribution in [0.3, 0.4) is 0 Å². The Kier molecular flexibility index (Phi) is 6.20. The Morgan fingerprint density at radius 1 is 1.30 bits per heavy atom. The number of nitrogens with zero attached hydrogens (tertiary/aromatic N) is 2. The third-order valence-electron chi connectivity index (χ3n) is 3.58. The minimum absolute atomic E-state index is 0.0316. The minimum Gasteiger partial charge on any atom is -0.453 e. The summed E-state index contributed by atoms with van der Waals surface area (Å²) < 4.78 is 10.3. The predicted molar refractivity (Wildman–Crippen MR) is 102 cm³/mol. The third-order valence-corrected chi connectivity index (χ3v) is 4.51. The number of ether oxygens (including phenoxy) is 1. The first-order valence-electron chi connectivity index (χ1n) is 8.12. The van der Waals surface area contributed by atoms with E-state index in [1.807, 2.05) is 16.8 Å². The lowest BCUT2D eigenvalue weighted by molar-refractivity contribution is -0.153. The van der Waals surface area contributed by atoms with E-state index in [1.165, 1.54) is 18.3 Å². The number of hydrogen-bond donors (Lipinski definition) is 1. The fraction of sp³-hybridized carbons (Fsp3) is 0.222. The Morgan fingerprint density at radius 2 is 2.07 bits per heavy atom. The van der Waals surface area contributed by atoms with E-state index in [0.29, 0.717) is 22.4 Å². The van der Waals surface area contributed by atoms with Crippen molar-refractivity contribution in [1.29, 1.82) is 0 Å². The topological polar surface area (TPSA) is 94.3 Å². The fourth-order valence-corrected chi connectivity index (χ4v) is 2.92. The summed E-state index contributed by atoms with van der Waals surface area (Å²) in [5.41, 5.74) is 1.43. The largest absolute Gasteiger partial charge is 0.453 e. The smallest absolute Gasteiger partial charge is 0.307 e. The van der Waals surface area contributed by atoms with Gasteiger partial charge in [-0.25, -0.2) is 0 Å². The second-order valence-electron chi connectivity index (χ2n) is 5.65. The van der Waals surface area contributed by atoms with Crippen molar-refractivity contribution in [1.82, 2.24) is 10.1 Å². The van der Waals surface area contributed by atoms with Crippen LogP contribution in [-0.2, 0) is 20.7 Å². The summed E-state index contributed by atoms with van der Waals surface area (Å²) >= 11 is 7.33. The molecule has 0 fully saturated rings. The third kappa shape index (κ3) is 5.38. The van der Waals surface area contributed by atoms with Crippen molar-refractivity contribution >= 4 is 40.5 Å². The molecule has 3 rings (SSSR count). The van der Waals surface area contributed by atoms with Crippen LogP contribution in [0, 0.1) is 0 Å². The van der Waals surface area contributed by atoms with Crippen LogP contribution in [0.15, 0.2) is 45.6 Å². The zero-order valence-corrected chi connectivity index (χ0v) is 15.9. The molecule has 2 heterocycles. The lowest BCUT2D eigenvalue weighted by atomic mass is 10.3. The lowest BCUT2D eigenvalue weighted by Crippen LogP contribution is -2.30. The molecule has 2 aromatic heterocycles. The molecule has 0 spiro atoms. The van der Waals surface area contributed by atoms with Crippen LogP contribution in [0.5, 0.6) is 0 Å². The zero-order valence-electron chi connectivity index (χ0n) is 14.3. The van der Waals surface area contributed by atoms with E-state index in [-0.39, 0.29) is 12.8 Å². The number of thiophene rings is 1. The maximum atomic E-state index is 12.1. The molecule has 0 aliphatic rings. The van der Waals surface area contributed by atoms with Gasteiger partial charge in [0, 0.05) is 28.1 Å². The fourth-order valence-electron chi connectivity index (χ4n) is 2.16. The first-order chi connectivity index (χ1) is 13.0. The number of anilines is 1. The van der Waals surface area contributed by atoms with Gasteiger partial charge in [-0.2, -0.15) is 16.3 Å². The van der Waals surface area contributed by atoms with Crippen molar-refractivity contribution in [2.45, 2.75) is 25.9 Å². The minimum atomic E-state index is -0.933. The molecule has 0 aliphatic carbocycles. The van der Waals surface area contributed by atoms with E-state index in [2.05, 4.69) is 15.5 Å². The average Bonchev–Trinajstić information content (AvgIpc) is 3.33. The zero-order chi connectivity index (χ0) is 19.2. The van der Waals surface area contributed by atoms with Crippen molar-refractivity contribution < 1.29 is 18.8 Å². The maximum absolute atomic E-state index is 12.1. The van der Waals surface area contributed by atoms with Gasteiger partial charge >= 0.3 is 5.97 Å². The number of carbonyl (C=O) groups is 2. The standard InChI is InChI=1S/C18H16ClN3O4S/c1-11(18(24)20-14-4-2-13(19)3-5-14)25-16(23)7-6-15-21-17(22-26-15)12-8-9-27-10-12/h2-5,8-11H,6-7H2,1H3,(H,20,24)/t11-/m0/s1. The molecule has 1 atom stereocenters. The Morgan fingerprint density at radius 3 is 2.78 bits per heavy atom. The van der Waals surface area contributed by atoms with Gasteiger partial charge in [-0.05, 0) is 42.6 Å². The van der Waals surface area contributed by atoms with Crippen LogP contribution in [0.4, 0.5) is 5.69 Å². The molecule has 0 saturated heterocycles. The molecule has 0 saturated carbocycles. The molecule has 0 radical (unpaired) electrons. The van der Waals surface area contributed by atoms with Gasteiger partial charge in [0.2, 0.25) is 11.7 Å². The highest BCUT2D eigenvalue weighted by atomic mass is 35.5. The molecule has 3 aromatic rings. The van der Waals surface area contributed by atoms with Crippen LogP contribution < -0.4 is 5.32 Å². The van der Waals surface area contributed by atoms with Gasteiger partial charge in [0.25, 0.3) is 5.91 Å². The van der Waals surface area contributed by atoms with Gasteiger partial charge < -0.3 is 14.6 Å². The summed E-state index contributed by atoms with van der Waals surface area (Å²) in [6, 6.07) is 8.52. The molecule has 0 unspecified atom stereocenters. The Balaban J connectivity index is 1.45. The monoisotopic (exact) mass is 405 g/mol. The molecule has 1 N–H and O–H groups in total. The highest BCUT2D eigenvalue weighted by molar-refractivity contribution is 7.08. The van der Waals surface area contributed by atoms with Crippen LogP contribution in [0.1, 0.15) is 19.2 Å². The molecular formula is C18H16ClN3O4S. The number of amides is 1. The van der Waals surface area contributed by atoms with Crippen molar-refractivity contribution in [2.24, 2.45) is 0 Å². The van der Waals surface area contributed by atoms with E-state index >= 15 is 0 Å². The number of aryl methyl sites for hydroxylation is 1. The Bertz CT molecular complexity index is 909. The SMILES string of the molecule is C[C@H](OC(=O)CCc1nc(-c2ccsc2)no1)C(=O)Nc1ccc(Cl)cc1. The van der Waals surface area contributed by atoms with Gasteiger partial charge in [0.15, 0.2) is 6.10 Å². The molecule has 140 valence electrons. The van der Waals surface area contributed by atoms with Gasteiger partial charge in [-0.3, -0.25) is 9.59 Å². The summed E-state index contributed by atoms with van der Waals surface area (Å²) in [6.45, 7) is 1.50. The molecule has 7 nitrogen and oxygen atoms in total. The molecule has 1 aromatic carbocycles. The van der Waals surface area contributed by atoms with Gasteiger partial charge in [0.1, 0.15) is 0 Å². The van der Waals surface area contributed by atoms with Crippen LogP contribution >= 0.6 is 22.9 Å². The van der Waals surface area contributed by atoms with E-state index in [0.717, 1.165) is 5.56 Å². The number of aromatic nitrogens is 2. The highest BCUT2D eigenvalue weighted by Crippen LogP contribution is 2.19. The van der Waals surface area contributed by atoms with Gasteiger partial charge in [-0.15, -0.1) is 0 Å². The molecule has 27 heavy (non-hydrogen) atoms.